The van der Waals surface area contributed by atoms with Crippen LogP contribution in [0.4, 0.5) is 10.5 Å². The van der Waals surface area contributed by atoms with Crippen molar-refractivity contribution >= 4 is 47.1 Å². The summed E-state index contributed by atoms with van der Waals surface area (Å²) in [5, 5.41) is 2.90. The van der Waals surface area contributed by atoms with Gasteiger partial charge in [0, 0.05) is 11.5 Å². The largest absolute Gasteiger partial charge is 0.497 e. The molecule has 3 amide bonds. The van der Waals surface area contributed by atoms with Gasteiger partial charge in [0.05, 0.1) is 18.7 Å². The zero-order valence-electron chi connectivity index (χ0n) is 22.2. The van der Waals surface area contributed by atoms with E-state index in [0.717, 1.165) is 5.75 Å². The first-order valence-electron chi connectivity index (χ1n) is 12.8. The number of amides is 3. The van der Waals surface area contributed by atoms with Gasteiger partial charge in [-0.3, -0.25) is 25.3 Å². The van der Waals surface area contributed by atoms with E-state index >= 15 is 0 Å². The lowest BCUT2D eigenvalue weighted by molar-refractivity contribution is -0.130. The Bertz CT molecular complexity index is 903. The molecular weight excluding hydrogens is 512 g/mol. The Morgan fingerprint density at radius 3 is 2.49 bits per heavy atom. The molecule has 3 rings (SSSR count). The normalized spacial score (nSPS) is 19.1. The molecule has 2 fully saturated rings. The Balaban J connectivity index is 1.61. The summed E-state index contributed by atoms with van der Waals surface area (Å²) < 4.78 is 10.6. The van der Waals surface area contributed by atoms with Gasteiger partial charge in [-0.2, -0.15) is 11.8 Å². The molecular formula is C26H40N4O5S2. The molecule has 0 radical (unpaired) electrons. The molecule has 1 aliphatic heterocycles. The molecule has 0 spiro atoms. The van der Waals surface area contributed by atoms with E-state index < -0.39 is 23.8 Å². The fourth-order valence-corrected chi connectivity index (χ4v) is 6.63. The van der Waals surface area contributed by atoms with Crippen molar-refractivity contribution in [3.05, 3.63) is 24.3 Å². The lowest BCUT2D eigenvalue weighted by Gasteiger charge is -2.28. The predicted octanol–water partition coefficient (Wildman–Crippen LogP) is 4.25. The van der Waals surface area contributed by atoms with E-state index in [9.17, 15) is 14.4 Å². The minimum atomic E-state index is -0.752. The van der Waals surface area contributed by atoms with Crippen LogP contribution in [0.2, 0.25) is 0 Å². The molecule has 11 heteroatoms. The zero-order chi connectivity index (χ0) is 26.8. The van der Waals surface area contributed by atoms with Crippen LogP contribution in [-0.2, 0) is 14.3 Å². The SMILES string of the molecule is COc1ccc(NNC(=O)C(CSCC2CCCCC2)NC(=O)[C@@H]2CSCN2C(=O)OC(C)(C)C)cc1. The maximum atomic E-state index is 13.3. The molecule has 1 aliphatic carbocycles. The average Bonchev–Trinajstić information content (AvgIpc) is 3.37. The Morgan fingerprint density at radius 1 is 1.14 bits per heavy atom. The number of rotatable bonds is 10. The smallest absolute Gasteiger partial charge is 0.411 e. The number of ether oxygens (including phenoxy) is 2. The highest BCUT2D eigenvalue weighted by molar-refractivity contribution is 7.99. The topological polar surface area (TPSA) is 109 Å². The molecule has 0 aromatic heterocycles. The predicted molar refractivity (Wildman–Crippen MR) is 150 cm³/mol. The fourth-order valence-electron chi connectivity index (χ4n) is 4.21. The monoisotopic (exact) mass is 552 g/mol. The van der Waals surface area contributed by atoms with Crippen LogP contribution in [0.15, 0.2) is 24.3 Å². The average molecular weight is 553 g/mol. The number of carbonyl (C=O) groups excluding carboxylic acids is 3. The zero-order valence-corrected chi connectivity index (χ0v) is 23.8. The molecule has 1 saturated carbocycles. The van der Waals surface area contributed by atoms with Gasteiger partial charge < -0.3 is 14.8 Å². The van der Waals surface area contributed by atoms with Crippen molar-refractivity contribution in [1.29, 1.82) is 0 Å². The van der Waals surface area contributed by atoms with Crippen LogP contribution < -0.4 is 20.9 Å². The van der Waals surface area contributed by atoms with Gasteiger partial charge in [-0.15, -0.1) is 11.8 Å². The fraction of sp³-hybridized carbons (Fsp3) is 0.654. The van der Waals surface area contributed by atoms with Gasteiger partial charge in [0.1, 0.15) is 23.4 Å². The number of hydrazine groups is 1. The summed E-state index contributed by atoms with van der Waals surface area (Å²) in [5.41, 5.74) is 5.66. The van der Waals surface area contributed by atoms with Crippen LogP contribution in [0.1, 0.15) is 52.9 Å². The number of methoxy groups -OCH3 is 1. The van der Waals surface area contributed by atoms with Gasteiger partial charge in [-0.25, -0.2) is 4.79 Å². The van der Waals surface area contributed by atoms with E-state index in [4.69, 9.17) is 9.47 Å². The van der Waals surface area contributed by atoms with Crippen molar-refractivity contribution in [2.24, 2.45) is 5.92 Å². The van der Waals surface area contributed by atoms with Gasteiger partial charge >= 0.3 is 6.09 Å². The van der Waals surface area contributed by atoms with Crippen LogP contribution in [0, 0.1) is 5.92 Å². The van der Waals surface area contributed by atoms with E-state index in [1.807, 2.05) is 0 Å². The molecule has 2 atom stereocenters. The second kappa shape index (κ2) is 14.0. The molecule has 9 nitrogen and oxygen atoms in total. The lowest BCUT2D eigenvalue weighted by atomic mass is 9.91. The first kappa shape index (κ1) is 29.3. The van der Waals surface area contributed by atoms with Crippen LogP contribution in [0.3, 0.4) is 0 Å². The highest BCUT2D eigenvalue weighted by atomic mass is 32.2. The van der Waals surface area contributed by atoms with E-state index in [1.54, 1.807) is 63.9 Å². The second-order valence-electron chi connectivity index (χ2n) is 10.4. The van der Waals surface area contributed by atoms with Crippen LogP contribution in [0.5, 0.6) is 5.75 Å². The minimum Gasteiger partial charge on any atom is -0.497 e. The summed E-state index contributed by atoms with van der Waals surface area (Å²) in [7, 11) is 1.59. The Kier molecular flexibility index (Phi) is 11.1. The molecule has 2 aliphatic rings. The molecule has 37 heavy (non-hydrogen) atoms. The first-order chi connectivity index (χ1) is 17.7. The van der Waals surface area contributed by atoms with E-state index in [2.05, 4.69) is 16.2 Å². The van der Waals surface area contributed by atoms with Crippen molar-refractivity contribution in [3.8, 4) is 5.75 Å². The van der Waals surface area contributed by atoms with Crippen molar-refractivity contribution in [3.63, 3.8) is 0 Å². The highest BCUT2D eigenvalue weighted by Gasteiger charge is 2.38. The summed E-state index contributed by atoms with van der Waals surface area (Å²) in [6.07, 6.45) is 5.74. The van der Waals surface area contributed by atoms with E-state index in [0.29, 0.717) is 34.7 Å². The molecule has 3 N–H and O–H groups in total. The van der Waals surface area contributed by atoms with Crippen molar-refractivity contribution in [2.45, 2.75) is 70.6 Å². The van der Waals surface area contributed by atoms with Gasteiger partial charge in [-0.05, 0) is 69.5 Å². The van der Waals surface area contributed by atoms with Crippen molar-refractivity contribution in [1.82, 2.24) is 15.6 Å². The Labute approximate surface area is 228 Å². The third-order valence-electron chi connectivity index (χ3n) is 6.23. The number of nitrogens with one attached hydrogen (secondary N) is 3. The molecule has 1 heterocycles. The second-order valence-corrected chi connectivity index (χ2v) is 12.5. The number of benzene rings is 1. The summed E-state index contributed by atoms with van der Waals surface area (Å²) in [4.78, 5) is 40.5. The molecule has 1 aromatic rings. The highest BCUT2D eigenvalue weighted by Crippen LogP contribution is 2.27. The third-order valence-corrected chi connectivity index (χ3v) is 8.52. The molecule has 1 aromatic carbocycles. The molecule has 206 valence electrons. The standard InChI is InChI=1S/C26H40N4O5S2/c1-26(2,3)35-25(33)30-17-37-16-22(30)24(32)27-21(15-36-14-18-8-6-5-7-9-18)23(31)29-28-19-10-12-20(34-4)13-11-19/h10-13,18,21-22,28H,5-9,14-17H2,1-4H3,(H,27,32)(H,29,31)/t21?,22-/m0/s1. The number of thioether (sulfide) groups is 2. The third kappa shape index (κ3) is 9.52. The van der Waals surface area contributed by atoms with E-state index in [1.165, 1.54) is 48.8 Å². The van der Waals surface area contributed by atoms with Crippen LogP contribution >= 0.6 is 23.5 Å². The van der Waals surface area contributed by atoms with Crippen molar-refractivity contribution < 1.29 is 23.9 Å². The van der Waals surface area contributed by atoms with Crippen LogP contribution in [0.25, 0.3) is 0 Å². The molecule has 1 unspecified atom stereocenters. The number of hydrogen-bond acceptors (Lipinski definition) is 8. The number of nitrogens with zero attached hydrogens (tertiary/aromatic N) is 1. The van der Waals surface area contributed by atoms with Gasteiger partial charge in [0.2, 0.25) is 5.91 Å². The molecule has 0 bridgehead atoms. The summed E-state index contributed by atoms with van der Waals surface area (Å²) in [6.45, 7) is 5.38. The first-order valence-corrected chi connectivity index (χ1v) is 15.1. The Morgan fingerprint density at radius 2 is 1.84 bits per heavy atom. The number of anilines is 1. The maximum Gasteiger partial charge on any atom is 0.411 e. The number of hydrogen-bond donors (Lipinski definition) is 3. The summed E-state index contributed by atoms with van der Waals surface area (Å²) >= 11 is 3.18. The maximum absolute atomic E-state index is 13.3. The van der Waals surface area contributed by atoms with Gasteiger partial charge in [-0.1, -0.05) is 19.3 Å². The van der Waals surface area contributed by atoms with Crippen LogP contribution in [-0.4, -0.2) is 70.7 Å². The quantitative estimate of drug-likeness (QED) is 0.370. The minimum absolute atomic E-state index is 0.338. The summed E-state index contributed by atoms with van der Waals surface area (Å²) in [5.74, 6) is 2.93. The Hall–Kier alpha value is -2.27. The van der Waals surface area contributed by atoms with Gasteiger partial charge in [0.15, 0.2) is 0 Å². The number of carbonyl (C=O) groups is 3. The van der Waals surface area contributed by atoms with E-state index in [-0.39, 0.29) is 11.8 Å². The lowest BCUT2D eigenvalue weighted by Crippen LogP contribution is -2.55. The van der Waals surface area contributed by atoms with Crippen molar-refractivity contribution in [2.75, 3.05) is 35.7 Å². The van der Waals surface area contributed by atoms with Gasteiger partial charge in [0.25, 0.3) is 5.91 Å². The summed E-state index contributed by atoms with van der Waals surface area (Å²) in [6, 6.07) is 5.72. The molecule has 1 saturated heterocycles.